The molecule has 0 aliphatic carbocycles. The van der Waals surface area contributed by atoms with Gasteiger partial charge in [0.25, 0.3) is 0 Å². The maximum absolute atomic E-state index is 9.24. The Labute approximate surface area is 109 Å². The molecule has 0 bridgehead atoms. The van der Waals surface area contributed by atoms with E-state index in [4.69, 9.17) is 5.73 Å². The Morgan fingerprint density at radius 3 is 2.94 bits per heavy atom. The Kier molecular flexibility index (Phi) is 4.35. The minimum Gasteiger partial charge on any atom is -0.326 e. The molecule has 96 valence electrons. The van der Waals surface area contributed by atoms with Crippen LogP contribution in [0.5, 0.6) is 0 Å². The van der Waals surface area contributed by atoms with Gasteiger partial charge in [-0.2, -0.15) is 5.26 Å². The van der Waals surface area contributed by atoms with E-state index in [0.29, 0.717) is 0 Å². The van der Waals surface area contributed by atoms with E-state index in [0.717, 1.165) is 43.5 Å². The summed E-state index contributed by atoms with van der Waals surface area (Å²) in [7, 11) is 0. The number of likely N-dealkylation sites (tertiary alicyclic amines) is 1. The first-order valence-electron chi connectivity index (χ1n) is 6.76. The molecular formula is C15H21N3. The second-order valence-electron chi connectivity index (χ2n) is 4.99. The number of nitriles is 1. The number of nitrogens with zero attached hydrogens (tertiary/aromatic N) is 2. The lowest BCUT2D eigenvalue weighted by atomic mass is 9.88. The van der Waals surface area contributed by atoms with Gasteiger partial charge in [-0.15, -0.1) is 0 Å². The maximum Gasteiger partial charge on any atom is 0.0995 e. The topological polar surface area (TPSA) is 53.0 Å². The Balaban J connectivity index is 2.34. The monoisotopic (exact) mass is 243 g/mol. The van der Waals surface area contributed by atoms with Crippen molar-refractivity contribution in [2.45, 2.75) is 38.3 Å². The molecule has 1 saturated heterocycles. The van der Waals surface area contributed by atoms with E-state index in [2.05, 4.69) is 24.0 Å². The van der Waals surface area contributed by atoms with Crippen molar-refractivity contribution < 1.29 is 0 Å². The van der Waals surface area contributed by atoms with Gasteiger partial charge in [0.1, 0.15) is 0 Å². The summed E-state index contributed by atoms with van der Waals surface area (Å²) in [4.78, 5) is 2.43. The Bertz CT molecular complexity index is 434. The van der Waals surface area contributed by atoms with Gasteiger partial charge in [-0.25, -0.2) is 0 Å². The third-order valence-electron chi connectivity index (χ3n) is 3.69. The lowest BCUT2D eigenvalue weighted by Crippen LogP contribution is -2.46. The van der Waals surface area contributed by atoms with Gasteiger partial charge in [-0.3, -0.25) is 4.90 Å². The third kappa shape index (κ3) is 2.55. The van der Waals surface area contributed by atoms with Crippen LogP contribution in [-0.4, -0.2) is 24.0 Å². The molecule has 3 heteroatoms. The largest absolute Gasteiger partial charge is 0.326 e. The fraction of sp³-hybridized carbons (Fsp3) is 0.533. The van der Waals surface area contributed by atoms with Crippen LogP contribution < -0.4 is 5.73 Å². The summed E-state index contributed by atoms with van der Waals surface area (Å²) in [6.45, 7) is 4.33. The average Bonchev–Trinajstić information content (AvgIpc) is 2.39. The first-order valence-corrected chi connectivity index (χ1v) is 6.76. The molecule has 2 rings (SSSR count). The van der Waals surface area contributed by atoms with Gasteiger partial charge < -0.3 is 5.73 Å². The van der Waals surface area contributed by atoms with Crippen LogP contribution in [0.25, 0.3) is 0 Å². The van der Waals surface area contributed by atoms with Crippen molar-refractivity contribution in [2.75, 3.05) is 13.1 Å². The van der Waals surface area contributed by atoms with E-state index in [-0.39, 0.29) is 12.1 Å². The van der Waals surface area contributed by atoms with Crippen LogP contribution in [0, 0.1) is 11.3 Å². The molecule has 2 unspecified atom stereocenters. The van der Waals surface area contributed by atoms with E-state index < -0.39 is 0 Å². The Morgan fingerprint density at radius 2 is 2.22 bits per heavy atom. The second-order valence-corrected chi connectivity index (χ2v) is 4.99. The standard InChI is InChI=1S/C15H21N3/c1-2-9-18-10-5-8-14(17)15(18)13-7-4-3-6-12(13)11-16/h3-4,6-7,14-15H,2,5,8-10,17H2,1H3. The number of hydrogen-bond donors (Lipinski definition) is 1. The van der Waals surface area contributed by atoms with Gasteiger partial charge in [-0.05, 0) is 44.0 Å². The number of rotatable bonds is 3. The van der Waals surface area contributed by atoms with E-state index in [9.17, 15) is 5.26 Å². The first kappa shape index (κ1) is 13.1. The molecule has 18 heavy (non-hydrogen) atoms. The molecule has 0 amide bonds. The molecule has 1 aliphatic rings. The molecule has 1 aliphatic heterocycles. The molecular weight excluding hydrogens is 222 g/mol. The maximum atomic E-state index is 9.24. The molecule has 0 saturated carbocycles. The van der Waals surface area contributed by atoms with Crippen LogP contribution >= 0.6 is 0 Å². The summed E-state index contributed by atoms with van der Waals surface area (Å²) in [6, 6.07) is 10.5. The molecule has 1 aromatic carbocycles. The molecule has 0 spiro atoms. The summed E-state index contributed by atoms with van der Waals surface area (Å²) in [5, 5.41) is 9.24. The van der Waals surface area contributed by atoms with Crippen molar-refractivity contribution >= 4 is 0 Å². The zero-order chi connectivity index (χ0) is 13.0. The van der Waals surface area contributed by atoms with Crippen LogP contribution in [-0.2, 0) is 0 Å². The van der Waals surface area contributed by atoms with Gasteiger partial charge in [0.05, 0.1) is 17.7 Å². The van der Waals surface area contributed by atoms with E-state index in [1.165, 1.54) is 0 Å². The second kappa shape index (κ2) is 5.99. The lowest BCUT2D eigenvalue weighted by molar-refractivity contribution is 0.128. The fourth-order valence-corrected chi connectivity index (χ4v) is 2.92. The number of benzene rings is 1. The van der Waals surface area contributed by atoms with E-state index >= 15 is 0 Å². The molecule has 1 heterocycles. The number of nitrogens with two attached hydrogens (primary N) is 1. The van der Waals surface area contributed by atoms with Gasteiger partial charge in [0.15, 0.2) is 0 Å². The van der Waals surface area contributed by atoms with Crippen molar-refractivity contribution in [2.24, 2.45) is 5.73 Å². The summed E-state index contributed by atoms with van der Waals surface area (Å²) in [5.74, 6) is 0. The van der Waals surface area contributed by atoms with E-state index in [1.807, 2.05) is 18.2 Å². The lowest BCUT2D eigenvalue weighted by Gasteiger charge is -2.40. The summed E-state index contributed by atoms with van der Waals surface area (Å²) in [5.41, 5.74) is 8.17. The van der Waals surface area contributed by atoms with E-state index in [1.54, 1.807) is 0 Å². The van der Waals surface area contributed by atoms with Gasteiger partial charge in [0.2, 0.25) is 0 Å². The first-order chi connectivity index (χ1) is 8.77. The molecule has 3 nitrogen and oxygen atoms in total. The smallest absolute Gasteiger partial charge is 0.0995 e. The summed E-state index contributed by atoms with van der Waals surface area (Å²) < 4.78 is 0. The normalized spacial score (nSPS) is 24.7. The highest BCUT2D eigenvalue weighted by atomic mass is 15.2. The zero-order valence-electron chi connectivity index (χ0n) is 11.0. The highest BCUT2D eigenvalue weighted by Crippen LogP contribution is 2.31. The minimum absolute atomic E-state index is 0.139. The SMILES string of the molecule is CCCN1CCCC(N)C1c1ccccc1C#N. The molecule has 1 fully saturated rings. The quantitative estimate of drug-likeness (QED) is 0.887. The number of hydrogen-bond acceptors (Lipinski definition) is 3. The van der Waals surface area contributed by atoms with Crippen molar-refractivity contribution in [1.29, 1.82) is 5.26 Å². The molecule has 2 N–H and O–H groups in total. The van der Waals surface area contributed by atoms with Crippen LogP contribution in [0.3, 0.4) is 0 Å². The van der Waals surface area contributed by atoms with Crippen molar-refractivity contribution in [3.63, 3.8) is 0 Å². The Morgan fingerprint density at radius 1 is 1.44 bits per heavy atom. The van der Waals surface area contributed by atoms with Crippen molar-refractivity contribution in [1.82, 2.24) is 4.90 Å². The predicted molar refractivity (Wildman–Crippen MR) is 73.0 cm³/mol. The molecule has 0 radical (unpaired) electrons. The molecule has 2 atom stereocenters. The molecule has 0 aromatic heterocycles. The van der Waals surface area contributed by atoms with Crippen LogP contribution in [0.1, 0.15) is 43.4 Å². The van der Waals surface area contributed by atoms with Gasteiger partial charge in [0, 0.05) is 6.04 Å². The predicted octanol–water partition coefficient (Wildman–Crippen LogP) is 2.43. The summed E-state index contributed by atoms with van der Waals surface area (Å²) >= 11 is 0. The highest BCUT2D eigenvalue weighted by molar-refractivity contribution is 5.40. The fourth-order valence-electron chi connectivity index (χ4n) is 2.92. The molecule has 1 aromatic rings. The van der Waals surface area contributed by atoms with Crippen molar-refractivity contribution in [3.05, 3.63) is 35.4 Å². The zero-order valence-corrected chi connectivity index (χ0v) is 11.0. The van der Waals surface area contributed by atoms with Gasteiger partial charge >= 0.3 is 0 Å². The van der Waals surface area contributed by atoms with Gasteiger partial charge in [-0.1, -0.05) is 25.1 Å². The minimum atomic E-state index is 0.139. The van der Waals surface area contributed by atoms with Crippen LogP contribution in [0.4, 0.5) is 0 Å². The third-order valence-corrected chi connectivity index (χ3v) is 3.69. The van der Waals surface area contributed by atoms with Crippen molar-refractivity contribution in [3.8, 4) is 6.07 Å². The number of piperidine rings is 1. The van der Waals surface area contributed by atoms with Crippen LogP contribution in [0.15, 0.2) is 24.3 Å². The Hall–Kier alpha value is -1.37. The summed E-state index contributed by atoms with van der Waals surface area (Å²) in [6.07, 6.45) is 3.33. The average molecular weight is 243 g/mol. The van der Waals surface area contributed by atoms with Crippen LogP contribution in [0.2, 0.25) is 0 Å². The highest BCUT2D eigenvalue weighted by Gasteiger charge is 2.31.